The molecule has 5 nitrogen and oxygen atoms in total. The molecule has 0 aliphatic heterocycles. The monoisotopic (exact) mass is 165 g/mol. The minimum Gasteiger partial charge on any atom is -0.411 e. The molecule has 0 radical (unpaired) electrons. The number of oxime groups is 2. The molecule has 0 saturated carbocycles. The molecule has 1 heterocycles. The number of rotatable bonds is 2. The fourth-order valence-corrected chi connectivity index (χ4v) is 0.764. The van der Waals surface area contributed by atoms with Gasteiger partial charge in [0.15, 0.2) is 0 Å². The van der Waals surface area contributed by atoms with E-state index < -0.39 is 0 Å². The predicted octanol–water partition coefficient (Wildman–Crippen LogP) is 0.698. The summed E-state index contributed by atoms with van der Waals surface area (Å²) in [4.78, 5) is 3.88. The maximum atomic E-state index is 8.25. The van der Waals surface area contributed by atoms with Gasteiger partial charge in [-0.3, -0.25) is 4.98 Å². The molecule has 0 fully saturated rings. The van der Waals surface area contributed by atoms with Gasteiger partial charge < -0.3 is 10.4 Å². The van der Waals surface area contributed by atoms with E-state index in [1.165, 1.54) is 6.21 Å². The molecule has 0 aromatic carbocycles. The van der Waals surface area contributed by atoms with Crippen LogP contribution in [0, 0.1) is 0 Å². The van der Waals surface area contributed by atoms with Crippen LogP contribution >= 0.6 is 0 Å². The van der Waals surface area contributed by atoms with E-state index in [4.69, 9.17) is 10.4 Å². The topological polar surface area (TPSA) is 78.1 Å². The quantitative estimate of drug-likeness (QED) is 0.384. The highest BCUT2D eigenvalue weighted by Gasteiger charge is 1.96. The minimum absolute atomic E-state index is 0.442. The van der Waals surface area contributed by atoms with Gasteiger partial charge in [-0.25, -0.2) is 0 Å². The van der Waals surface area contributed by atoms with E-state index >= 15 is 0 Å². The maximum Gasteiger partial charge on any atom is 0.0934 e. The molecular formula is C7H7N3O2. The van der Waals surface area contributed by atoms with Crippen LogP contribution in [0.5, 0.6) is 0 Å². The van der Waals surface area contributed by atoms with Crippen LogP contribution in [0.3, 0.4) is 0 Å². The van der Waals surface area contributed by atoms with Crippen molar-refractivity contribution >= 4 is 12.4 Å². The smallest absolute Gasteiger partial charge is 0.0934 e. The van der Waals surface area contributed by atoms with Crippen molar-refractivity contribution in [3.05, 3.63) is 29.6 Å². The summed E-state index contributed by atoms with van der Waals surface area (Å²) < 4.78 is 0. The van der Waals surface area contributed by atoms with Crippen LogP contribution in [0.4, 0.5) is 0 Å². The van der Waals surface area contributed by atoms with E-state index in [1.807, 2.05) is 0 Å². The first-order valence-electron chi connectivity index (χ1n) is 3.18. The van der Waals surface area contributed by atoms with E-state index in [2.05, 4.69) is 15.3 Å². The number of hydrogen-bond donors (Lipinski definition) is 2. The van der Waals surface area contributed by atoms with Gasteiger partial charge in [-0.05, 0) is 12.1 Å². The Bertz CT molecular complexity index is 278. The van der Waals surface area contributed by atoms with Gasteiger partial charge in [0, 0.05) is 11.8 Å². The molecule has 0 spiro atoms. The Morgan fingerprint density at radius 1 is 1.25 bits per heavy atom. The fourth-order valence-electron chi connectivity index (χ4n) is 0.764. The lowest BCUT2D eigenvalue weighted by Gasteiger charge is -1.94. The summed E-state index contributed by atoms with van der Waals surface area (Å²) >= 11 is 0. The average Bonchev–Trinajstić information content (AvgIpc) is 2.09. The predicted molar refractivity (Wildman–Crippen MR) is 43.0 cm³/mol. The second-order valence-corrected chi connectivity index (χ2v) is 1.97. The summed E-state index contributed by atoms with van der Waals surface area (Å²) in [5.74, 6) is 0. The van der Waals surface area contributed by atoms with Crippen molar-refractivity contribution in [3.8, 4) is 0 Å². The zero-order valence-electron chi connectivity index (χ0n) is 6.12. The third-order valence-electron chi connectivity index (χ3n) is 1.25. The van der Waals surface area contributed by atoms with E-state index in [-0.39, 0.29) is 0 Å². The Balaban J connectivity index is 3.08. The van der Waals surface area contributed by atoms with Crippen molar-refractivity contribution in [3.63, 3.8) is 0 Å². The minimum atomic E-state index is 0.442. The van der Waals surface area contributed by atoms with Crippen molar-refractivity contribution < 1.29 is 10.4 Å². The van der Waals surface area contributed by atoms with Crippen molar-refractivity contribution in [1.82, 2.24) is 4.98 Å². The van der Waals surface area contributed by atoms with Gasteiger partial charge in [0.1, 0.15) is 0 Å². The maximum absolute atomic E-state index is 8.25. The number of hydrogen-bond acceptors (Lipinski definition) is 5. The zero-order valence-corrected chi connectivity index (χ0v) is 6.12. The summed E-state index contributed by atoms with van der Waals surface area (Å²) in [6, 6.07) is 3.37. The average molecular weight is 165 g/mol. The van der Waals surface area contributed by atoms with Crippen LogP contribution in [-0.2, 0) is 0 Å². The molecule has 0 aliphatic carbocycles. The molecule has 2 N–H and O–H groups in total. The summed E-state index contributed by atoms with van der Waals surface area (Å²) in [5, 5.41) is 22.1. The van der Waals surface area contributed by atoms with Crippen molar-refractivity contribution in [2.24, 2.45) is 10.3 Å². The van der Waals surface area contributed by atoms with Gasteiger partial charge >= 0.3 is 0 Å². The van der Waals surface area contributed by atoms with Crippen molar-refractivity contribution in [2.75, 3.05) is 0 Å². The van der Waals surface area contributed by atoms with Crippen LogP contribution in [0.15, 0.2) is 28.6 Å². The first-order valence-corrected chi connectivity index (χ1v) is 3.18. The molecule has 1 rings (SSSR count). The highest BCUT2D eigenvalue weighted by molar-refractivity contribution is 5.91. The van der Waals surface area contributed by atoms with Crippen LogP contribution in [0.1, 0.15) is 11.3 Å². The molecule has 0 bridgehead atoms. The van der Waals surface area contributed by atoms with Crippen molar-refractivity contribution in [2.45, 2.75) is 0 Å². The molecule has 0 amide bonds. The second kappa shape index (κ2) is 4.07. The molecule has 12 heavy (non-hydrogen) atoms. The first kappa shape index (κ1) is 8.19. The largest absolute Gasteiger partial charge is 0.411 e. The SMILES string of the molecule is O/N=C/c1cccnc1/C=N/O. The first-order chi connectivity index (χ1) is 5.88. The summed E-state index contributed by atoms with van der Waals surface area (Å²) in [5.41, 5.74) is 1.02. The molecule has 5 heteroatoms. The van der Waals surface area contributed by atoms with Gasteiger partial charge in [0.2, 0.25) is 0 Å². The van der Waals surface area contributed by atoms with Crippen molar-refractivity contribution in [1.29, 1.82) is 0 Å². The summed E-state index contributed by atoms with van der Waals surface area (Å²) in [7, 11) is 0. The Labute approximate surface area is 68.7 Å². The van der Waals surface area contributed by atoms with Crippen LogP contribution < -0.4 is 0 Å². The number of nitrogens with zero attached hydrogens (tertiary/aromatic N) is 3. The number of aromatic nitrogens is 1. The Kier molecular flexibility index (Phi) is 2.78. The van der Waals surface area contributed by atoms with E-state index in [1.54, 1.807) is 18.3 Å². The Hall–Kier alpha value is -1.91. The Morgan fingerprint density at radius 3 is 2.67 bits per heavy atom. The normalized spacial score (nSPS) is 11.3. The number of pyridine rings is 1. The van der Waals surface area contributed by atoms with E-state index in [9.17, 15) is 0 Å². The van der Waals surface area contributed by atoms with Gasteiger partial charge in [-0.15, -0.1) is 0 Å². The van der Waals surface area contributed by atoms with Gasteiger partial charge in [-0.2, -0.15) is 0 Å². The lowest BCUT2D eigenvalue weighted by Crippen LogP contribution is -1.94. The second-order valence-electron chi connectivity index (χ2n) is 1.97. The van der Waals surface area contributed by atoms with E-state index in [0.29, 0.717) is 11.3 Å². The van der Waals surface area contributed by atoms with E-state index in [0.717, 1.165) is 6.21 Å². The lowest BCUT2D eigenvalue weighted by molar-refractivity contribution is 0.321. The summed E-state index contributed by atoms with van der Waals surface area (Å²) in [6.07, 6.45) is 3.92. The van der Waals surface area contributed by atoms with Crippen LogP contribution in [0.2, 0.25) is 0 Å². The molecular weight excluding hydrogens is 158 g/mol. The highest BCUT2D eigenvalue weighted by Crippen LogP contribution is 1.98. The zero-order chi connectivity index (χ0) is 8.81. The molecule has 0 saturated heterocycles. The molecule has 1 aromatic heterocycles. The molecule has 62 valence electrons. The third-order valence-corrected chi connectivity index (χ3v) is 1.25. The molecule has 0 unspecified atom stereocenters. The lowest BCUT2D eigenvalue weighted by atomic mass is 10.2. The van der Waals surface area contributed by atoms with Gasteiger partial charge in [0.25, 0.3) is 0 Å². The summed E-state index contributed by atoms with van der Waals surface area (Å²) in [6.45, 7) is 0. The van der Waals surface area contributed by atoms with Gasteiger partial charge in [-0.1, -0.05) is 10.3 Å². The van der Waals surface area contributed by atoms with Gasteiger partial charge in [0.05, 0.1) is 18.1 Å². The molecule has 0 aliphatic rings. The molecule has 0 atom stereocenters. The fraction of sp³-hybridized carbons (Fsp3) is 0. The highest BCUT2D eigenvalue weighted by atomic mass is 16.4. The van der Waals surface area contributed by atoms with Crippen LogP contribution in [-0.4, -0.2) is 27.8 Å². The standard InChI is InChI=1S/C7H7N3O2/c11-9-4-6-2-1-3-8-7(6)5-10-12/h1-5,11-12H/b9-4+,10-5+. The Morgan fingerprint density at radius 2 is 2.00 bits per heavy atom. The third kappa shape index (κ3) is 1.79. The molecule has 1 aromatic rings. The van der Waals surface area contributed by atoms with Crippen LogP contribution in [0.25, 0.3) is 0 Å².